The van der Waals surface area contributed by atoms with E-state index >= 15 is 0 Å². The van der Waals surface area contributed by atoms with Gasteiger partial charge < -0.3 is 10.1 Å². The van der Waals surface area contributed by atoms with Crippen LogP contribution in [0.15, 0.2) is 30.3 Å². The highest BCUT2D eigenvalue weighted by molar-refractivity contribution is 5.37. The minimum atomic E-state index is 0.714. The third-order valence-electron chi connectivity index (χ3n) is 3.24. The number of benzene rings is 1. The van der Waals surface area contributed by atoms with E-state index in [1.165, 1.54) is 0 Å². The average Bonchev–Trinajstić information content (AvgIpc) is 2.52. The van der Waals surface area contributed by atoms with Crippen LogP contribution in [0.5, 0.6) is 5.75 Å². The summed E-state index contributed by atoms with van der Waals surface area (Å²) in [5, 5.41) is 3.34. The monoisotopic (exact) mass is 285 g/mol. The quantitative estimate of drug-likeness (QED) is 0.846. The Kier molecular flexibility index (Phi) is 5.55. The van der Waals surface area contributed by atoms with Crippen molar-refractivity contribution >= 4 is 5.82 Å². The first-order valence-electron chi connectivity index (χ1n) is 7.48. The zero-order chi connectivity index (χ0) is 15.1. The van der Waals surface area contributed by atoms with Crippen molar-refractivity contribution in [2.45, 2.75) is 33.1 Å². The van der Waals surface area contributed by atoms with Crippen LogP contribution in [0.4, 0.5) is 5.82 Å². The smallest absolute Gasteiger partial charge is 0.135 e. The molecule has 0 radical (unpaired) electrons. The second-order valence-corrected chi connectivity index (χ2v) is 4.97. The molecule has 0 saturated heterocycles. The molecule has 21 heavy (non-hydrogen) atoms. The number of rotatable bonds is 7. The van der Waals surface area contributed by atoms with E-state index in [4.69, 9.17) is 4.74 Å². The van der Waals surface area contributed by atoms with Crippen molar-refractivity contribution in [2.75, 3.05) is 19.0 Å². The molecule has 1 aromatic heterocycles. The Morgan fingerprint density at radius 1 is 1.14 bits per heavy atom. The molecule has 0 amide bonds. The van der Waals surface area contributed by atoms with Crippen molar-refractivity contribution in [3.05, 3.63) is 47.4 Å². The SMILES string of the molecule is CCCNc1cc(CC)nc(Cc2cccc(OC)c2)n1. The summed E-state index contributed by atoms with van der Waals surface area (Å²) in [6.07, 6.45) is 2.71. The molecular weight excluding hydrogens is 262 g/mol. The molecule has 0 spiro atoms. The summed E-state index contributed by atoms with van der Waals surface area (Å²) in [4.78, 5) is 9.23. The van der Waals surface area contributed by atoms with Gasteiger partial charge in [-0.05, 0) is 30.5 Å². The van der Waals surface area contributed by atoms with Gasteiger partial charge in [-0.2, -0.15) is 0 Å². The van der Waals surface area contributed by atoms with Crippen LogP contribution < -0.4 is 10.1 Å². The van der Waals surface area contributed by atoms with Gasteiger partial charge in [0.15, 0.2) is 0 Å². The molecule has 0 aliphatic rings. The number of aromatic nitrogens is 2. The molecule has 112 valence electrons. The molecule has 0 saturated carbocycles. The van der Waals surface area contributed by atoms with E-state index in [1.807, 2.05) is 24.3 Å². The lowest BCUT2D eigenvalue weighted by molar-refractivity contribution is 0.414. The van der Waals surface area contributed by atoms with Crippen LogP contribution in [0.3, 0.4) is 0 Å². The minimum absolute atomic E-state index is 0.714. The van der Waals surface area contributed by atoms with Gasteiger partial charge in [0.05, 0.1) is 7.11 Å². The highest BCUT2D eigenvalue weighted by atomic mass is 16.5. The summed E-state index contributed by atoms with van der Waals surface area (Å²) in [6.45, 7) is 5.19. The van der Waals surface area contributed by atoms with Crippen molar-refractivity contribution in [1.29, 1.82) is 0 Å². The Labute approximate surface area is 126 Å². The molecular formula is C17H23N3O. The largest absolute Gasteiger partial charge is 0.497 e. The van der Waals surface area contributed by atoms with Crippen molar-refractivity contribution in [3.63, 3.8) is 0 Å². The fraction of sp³-hybridized carbons (Fsp3) is 0.412. The molecule has 4 heteroatoms. The first kappa shape index (κ1) is 15.3. The van der Waals surface area contributed by atoms with Crippen LogP contribution in [0.2, 0.25) is 0 Å². The van der Waals surface area contributed by atoms with Gasteiger partial charge in [0, 0.05) is 24.7 Å². The summed E-state index contributed by atoms with van der Waals surface area (Å²) < 4.78 is 5.26. The van der Waals surface area contributed by atoms with E-state index in [0.29, 0.717) is 6.42 Å². The fourth-order valence-electron chi connectivity index (χ4n) is 2.12. The van der Waals surface area contributed by atoms with Crippen molar-refractivity contribution < 1.29 is 4.74 Å². The van der Waals surface area contributed by atoms with Gasteiger partial charge in [-0.15, -0.1) is 0 Å². The second-order valence-electron chi connectivity index (χ2n) is 4.97. The molecule has 1 N–H and O–H groups in total. The van der Waals surface area contributed by atoms with Gasteiger partial charge in [0.1, 0.15) is 17.4 Å². The van der Waals surface area contributed by atoms with Crippen molar-refractivity contribution in [3.8, 4) is 5.75 Å². The van der Waals surface area contributed by atoms with E-state index in [1.54, 1.807) is 7.11 Å². The standard InChI is InChI=1S/C17H23N3O/c1-4-9-18-16-12-14(5-2)19-17(20-16)11-13-7-6-8-15(10-13)21-3/h6-8,10,12H,4-5,9,11H2,1-3H3,(H,18,19,20). The summed E-state index contributed by atoms with van der Waals surface area (Å²) in [6, 6.07) is 10.1. The van der Waals surface area contributed by atoms with Crippen LogP contribution in [-0.4, -0.2) is 23.6 Å². The van der Waals surface area contributed by atoms with Crippen LogP contribution >= 0.6 is 0 Å². The van der Waals surface area contributed by atoms with Crippen LogP contribution in [-0.2, 0) is 12.8 Å². The van der Waals surface area contributed by atoms with E-state index in [2.05, 4.69) is 35.2 Å². The molecule has 1 heterocycles. The van der Waals surface area contributed by atoms with Gasteiger partial charge >= 0.3 is 0 Å². The zero-order valence-corrected chi connectivity index (χ0v) is 13.0. The van der Waals surface area contributed by atoms with Gasteiger partial charge in [-0.1, -0.05) is 26.0 Å². The predicted molar refractivity (Wildman–Crippen MR) is 86.0 cm³/mol. The Balaban J connectivity index is 2.21. The number of nitrogens with zero attached hydrogens (tertiary/aromatic N) is 2. The van der Waals surface area contributed by atoms with Gasteiger partial charge in [0.25, 0.3) is 0 Å². The van der Waals surface area contributed by atoms with Crippen LogP contribution in [0.25, 0.3) is 0 Å². The lowest BCUT2D eigenvalue weighted by Crippen LogP contribution is -2.07. The normalized spacial score (nSPS) is 10.4. The summed E-state index contributed by atoms with van der Waals surface area (Å²) in [5.41, 5.74) is 2.23. The maximum Gasteiger partial charge on any atom is 0.135 e. The maximum absolute atomic E-state index is 5.26. The van der Waals surface area contributed by atoms with E-state index in [0.717, 1.165) is 48.0 Å². The fourth-order valence-corrected chi connectivity index (χ4v) is 2.12. The number of ether oxygens (including phenoxy) is 1. The highest BCUT2D eigenvalue weighted by Gasteiger charge is 2.05. The number of anilines is 1. The molecule has 0 unspecified atom stereocenters. The molecule has 0 aliphatic carbocycles. The van der Waals surface area contributed by atoms with E-state index < -0.39 is 0 Å². The first-order valence-corrected chi connectivity index (χ1v) is 7.48. The lowest BCUT2D eigenvalue weighted by atomic mass is 10.1. The first-order chi connectivity index (χ1) is 10.2. The van der Waals surface area contributed by atoms with E-state index in [-0.39, 0.29) is 0 Å². The van der Waals surface area contributed by atoms with Gasteiger partial charge in [-0.3, -0.25) is 0 Å². The van der Waals surface area contributed by atoms with E-state index in [9.17, 15) is 0 Å². The Bertz CT molecular complexity index is 584. The molecule has 1 aromatic carbocycles. The molecule has 0 bridgehead atoms. The summed E-state index contributed by atoms with van der Waals surface area (Å²) >= 11 is 0. The number of methoxy groups -OCH3 is 1. The topological polar surface area (TPSA) is 47.0 Å². The lowest BCUT2D eigenvalue weighted by Gasteiger charge is -2.09. The molecule has 2 rings (SSSR count). The minimum Gasteiger partial charge on any atom is -0.497 e. The number of nitrogens with one attached hydrogen (secondary N) is 1. The molecule has 0 fully saturated rings. The Morgan fingerprint density at radius 2 is 2.00 bits per heavy atom. The number of hydrogen-bond donors (Lipinski definition) is 1. The van der Waals surface area contributed by atoms with Gasteiger partial charge in [-0.25, -0.2) is 9.97 Å². The average molecular weight is 285 g/mol. The van der Waals surface area contributed by atoms with Crippen molar-refractivity contribution in [1.82, 2.24) is 9.97 Å². The van der Waals surface area contributed by atoms with Crippen LogP contribution in [0.1, 0.15) is 37.4 Å². The van der Waals surface area contributed by atoms with Crippen molar-refractivity contribution in [2.24, 2.45) is 0 Å². The Hall–Kier alpha value is -2.10. The second kappa shape index (κ2) is 7.62. The summed E-state index contributed by atoms with van der Waals surface area (Å²) in [5.74, 6) is 2.63. The Morgan fingerprint density at radius 3 is 2.71 bits per heavy atom. The number of aryl methyl sites for hydroxylation is 1. The highest BCUT2D eigenvalue weighted by Crippen LogP contribution is 2.16. The summed E-state index contributed by atoms with van der Waals surface area (Å²) in [7, 11) is 1.68. The zero-order valence-electron chi connectivity index (χ0n) is 13.0. The van der Waals surface area contributed by atoms with Gasteiger partial charge in [0.2, 0.25) is 0 Å². The maximum atomic E-state index is 5.26. The van der Waals surface area contributed by atoms with Crippen LogP contribution in [0, 0.1) is 0 Å². The molecule has 0 atom stereocenters. The predicted octanol–water partition coefficient (Wildman–Crippen LogP) is 3.46. The molecule has 2 aromatic rings. The number of hydrogen-bond acceptors (Lipinski definition) is 4. The molecule has 4 nitrogen and oxygen atoms in total. The third-order valence-corrected chi connectivity index (χ3v) is 3.24. The molecule has 0 aliphatic heterocycles. The third kappa shape index (κ3) is 4.45.